The lowest BCUT2D eigenvalue weighted by Crippen LogP contribution is -2.27. The summed E-state index contributed by atoms with van der Waals surface area (Å²) in [4.78, 5) is 22.4. The number of imidazole rings is 1. The average molecular weight is 414 g/mol. The van der Waals surface area contributed by atoms with Crippen molar-refractivity contribution in [3.8, 4) is 11.5 Å². The van der Waals surface area contributed by atoms with Gasteiger partial charge in [0.25, 0.3) is 5.56 Å². The number of fused-ring (bicyclic) bond motifs is 3. The van der Waals surface area contributed by atoms with Gasteiger partial charge in [-0.2, -0.15) is 4.98 Å². The van der Waals surface area contributed by atoms with Gasteiger partial charge in [0, 0.05) is 5.92 Å². The van der Waals surface area contributed by atoms with E-state index in [-0.39, 0.29) is 18.1 Å². The molecule has 9 heteroatoms. The van der Waals surface area contributed by atoms with Gasteiger partial charge in [-0.3, -0.25) is 13.8 Å². The van der Waals surface area contributed by atoms with Gasteiger partial charge >= 0.3 is 0 Å². The lowest BCUT2D eigenvalue weighted by Gasteiger charge is -2.18. The fraction of sp³-hybridized carbons (Fsp3) is 0.400. The molecular weight excluding hydrogens is 394 g/mol. The minimum Gasteiger partial charge on any atom is -0.394 e. The summed E-state index contributed by atoms with van der Waals surface area (Å²) in [6, 6.07) is 4.94. The summed E-state index contributed by atoms with van der Waals surface area (Å²) in [6.45, 7) is 1.57. The van der Waals surface area contributed by atoms with Crippen molar-refractivity contribution < 1.29 is 9.63 Å². The Morgan fingerprint density at radius 2 is 2.10 bits per heavy atom. The van der Waals surface area contributed by atoms with Gasteiger partial charge in [-0.25, -0.2) is 4.98 Å². The van der Waals surface area contributed by atoms with Crippen LogP contribution in [0.25, 0.3) is 28.1 Å². The third-order valence-corrected chi connectivity index (χ3v) is 6.02. The van der Waals surface area contributed by atoms with Crippen LogP contribution in [0.5, 0.6) is 0 Å². The van der Waals surface area contributed by atoms with Crippen LogP contribution in [-0.2, 0) is 0 Å². The second kappa shape index (κ2) is 6.96. The zero-order chi connectivity index (χ0) is 20.1. The number of aromatic nitrogens is 5. The van der Waals surface area contributed by atoms with Crippen LogP contribution in [0, 0.1) is 0 Å². The van der Waals surface area contributed by atoms with Crippen molar-refractivity contribution in [3.05, 3.63) is 45.8 Å². The van der Waals surface area contributed by atoms with Crippen LogP contribution in [0.2, 0.25) is 5.02 Å². The lowest BCUT2D eigenvalue weighted by atomic mass is 10.1. The number of para-hydroxylation sites is 1. The van der Waals surface area contributed by atoms with Crippen molar-refractivity contribution in [2.45, 2.75) is 44.6 Å². The number of rotatable bonds is 4. The highest BCUT2D eigenvalue weighted by atomic mass is 35.5. The van der Waals surface area contributed by atoms with E-state index in [1.807, 2.05) is 12.1 Å². The van der Waals surface area contributed by atoms with Gasteiger partial charge in [0.2, 0.25) is 11.7 Å². The van der Waals surface area contributed by atoms with Gasteiger partial charge in [-0.15, -0.1) is 0 Å². The predicted octanol–water partition coefficient (Wildman–Crippen LogP) is 3.56. The molecule has 1 N–H and O–H groups in total. The first-order chi connectivity index (χ1) is 14.1. The normalized spacial score (nSPS) is 16.2. The number of halogens is 1. The molecule has 0 aliphatic heterocycles. The number of hydrogen-bond donors (Lipinski definition) is 1. The lowest BCUT2D eigenvalue weighted by molar-refractivity contribution is 0.239. The van der Waals surface area contributed by atoms with Gasteiger partial charge in [-0.1, -0.05) is 35.7 Å². The van der Waals surface area contributed by atoms with E-state index in [4.69, 9.17) is 16.1 Å². The molecule has 5 rings (SSSR count). The first kappa shape index (κ1) is 18.3. The van der Waals surface area contributed by atoms with Crippen molar-refractivity contribution in [2.75, 3.05) is 6.61 Å². The molecule has 0 saturated heterocycles. The Bertz CT molecular complexity index is 1270. The third kappa shape index (κ3) is 2.78. The van der Waals surface area contributed by atoms with E-state index in [1.165, 1.54) is 4.57 Å². The quantitative estimate of drug-likeness (QED) is 0.549. The van der Waals surface area contributed by atoms with Crippen LogP contribution in [0.4, 0.5) is 0 Å². The highest BCUT2D eigenvalue weighted by molar-refractivity contribution is 6.35. The molecule has 3 heterocycles. The van der Waals surface area contributed by atoms with Gasteiger partial charge in [-0.05, 0) is 31.9 Å². The van der Waals surface area contributed by atoms with E-state index in [1.54, 1.807) is 23.7 Å². The van der Waals surface area contributed by atoms with E-state index < -0.39 is 6.04 Å². The fourth-order valence-electron chi connectivity index (χ4n) is 4.22. The van der Waals surface area contributed by atoms with Crippen LogP contribution in [0.1, 0.15) is 50.5 Å². The van der Waals surface area contributed by atoms with Gasteiger partial charge in [0.1, 0.15) is 17.5 Å². The summed E-state index contributed by atoms with van der Waals surface area (Å²) in [6.07, 6.45) is 5.97. The van der Waals surface area contributed by atoms with Crippen LogP contribution in [0.3, 0.4) is 0 Å². The predicted molar refractivity (Wildman–Crippen MR) is 108 cm³/mol. The van der Waals surface area contributed by atoms with Crippen LogP contribution in [-0.4, -0.2) is 35.8 Å². The van der Waals surface area contributed by atoms with Crippen LogP contribution in [0.15, 0.2) is 33.8 Å². The molecule has 0 amide bonds. The highest BCUT2D eigenvalue weighted by Crippen LogP contribution is 2.34. The Hall–Kier alpha value is -2.71. The molecule has 0 radical (unpaired) electrons. The Morgan fingerprint density at radius 3 is 2.86 bits per heavy atom. The SMILES string of the molecule is CC(CO)n1c(=O)c2c(-c3noc(C4CCCC4)n3)ncn2c2cccc(Cl)c21. The summed E-state index contributed by atoms with van der Waals surface area (Å²) in [5.41, 5.74) is 1.65. The number of aliphatic hydroxyl groups is 1. The molecule has 1 fully saturated rings. The van der Waals surface area contributed by atoms with E-state index in [2.05, 4.69) is 15.1 Å². The maximum absolute atomic E-state index is 13.5. The van der Waals surface area contributed by atoms with E-state index in [0.717, 1.165) is 25.7 Å². The van der Waals surface area contributed by atoms with Crippen molar-refractivity contribution in [1.82, 2.24) is 24.1 Å². The fourth-order valence-corrected chi connectivity index (χ4v) is 4.48. The molecule has 1 aromatic carbocycles. The van der Waals surface area contributed by atoms with Gasteiger partial charge in [0.15, 0.2) is 0 Å². The smallest absolute Gasteiger partial charge is 0.278 e. The summed E-state index contributed by atoms with van der Waals surface area (Å²) in [7, 11) is 0. The molecule has 4 aromatic rings. The van der Waals surface area contributed by atoms with E-state index >= 15 is 0 Å². The minimum absolute atomic E-state index is 0.200. The van der Waals surface area contributed by atoms with E-state index in [9.17, 15) is 9.90 Å². The van der Waals surface area contributed by atoms with Crippen molar-refractivity contribution >= 4 is 28.2 Å². The number of aliphatic hydroxyl groups excluding tert-OH is 1. The molecule has 1 unspecified atom stereocenters. The molecule has 1 atom stereocenters. The van der Waals surface area contributed by atoms with Crippen molar-refractivity contribution in [1.29, 1.82) is 0 Å². The van der Waals surface area contributed by atoms with E-state index in [0.29, 0.717) is 39.0 Å². The monoisotopic (exact) mass is 413 g/mol. The maximum atomic E-state index is 13.5. The largest absolute Gasteiger partial charge is 0.394 e. The standard InChI is InChI=1S/C20H20ClN5O3/c1-11(9-27)26-16-13(21)7-4-8-14(16)25-10-22-15(17(25)20(26)28)18-23-19(29-24-18)12-5-2-3-6-12/h4,7-8,10-12,27H,2-3,5-6,9H2,1H3. The van der Waals surface area contributed by atoms with Crippen LogP contribution < -0.4 is 5.56 Å². The Kier molecular flexibility index (Phi) is 4.40. The molecule has 1 aliphatic carbocycles. The molecule has 1 saturated carbocycles. The molecular formula is C20H20ClN5O3. The number of hydrogen-bond acceptors (Lipinski definition) is 6. The molecule has 0 bridgehead atoms. The molecule has 0 spiro atoms. The highest BCUT2D eigenvalue weighted by Gasteiger charge is 2.26. The molecule has 3 aromatic heterocycles. The van der Waals surface area contributed by atoms with Gasteiger partial charge < -0.3 is 9.63 Å². The topological polar surface area (TPSA) is 98.5 Å². The Labute approximate surface area is 170 Å². The Balaban J connectivity index is 1.78. The Morgan fingerprint density at radius 1 is 1.31 bits per heavy atom. The maximum Gasteiger partial charge on any atom is 0.278 e. The summed E-state index contributed by atoms with van der Waals surface area (Å²) >= 11 is 6.42. The minimum atomic E-state index is -0.461. The summed E-state index contributed by atoms with van der Waals surface area (Å²) in [5.74, 6) is 1.18. The molecule has 150 valence electrons. The first-order valence-electron chi connectivity index (χ1n) is 9.74. The average Bonchev–Trinajstić information content (AvgIpc) is 3.47. The summed E-state index contributed by atoms with van der Waals surface area (Å²) in [5, 5.41) is 14.3. The number of nitrogens with zero attached hydrogens (tertiary/aromatic N) is 5. The second-order valence-corrected chi connectivity index (χ2v) is 7.97. The zero-order valence-electron chi connectivity index (χ0n) is 15.9. The number of benzene rings is 1. The first-order valence-corrected chi connectivity index (χ1v) is 10.1. The van der Waals surface area contributed by atoms with Crippen molar-refractivity contribution in [3.63, 3.8) is 0 Å². The zero-order valence-corrected chi connectivity index (χ0v) is 16.6. The molecule has 1 aliphatic rings. The summed E-state index contributed by atoms with van der Waals surface area (Å²) < 4.78 is 8.70. The molecule has 8 nitrogen and oxygen atoms in total. The van der Waals surface area contributed by atoms with Gasteiger partial charge in [0.05, 0.1) is 28.7 Å². The second-order valence-electron chi connectivity index (χ2n) is 7.56. The third-order valence-electron chi connectivity index (χ3n) is 5.72. The van der Waals surface area contributed by atoms with Crippen LogP contribution >= 0.6 is 11.6 Å². The van der Waals surface area contributed by atoms with Crippen molar-refractivity contribution in [2.24, 2.45) is 0 Å². The molecule has 29 heavy (non-hydrogen) atoms.